The average molecular weight is 662 g/mol. The van der Waals surface area contributed by atoms with Crippen LogP contribution in [-0.4, -0.2) is 62.6 Å². The summed E-state index contributed by atoms with van der Waals surface area (Å²) in [6.45, 7) is 5.30. The molecule has 45 heavy (non-hydrogen) atoms. The largest absolute Gasteiger partial charge is 0.495 e. The molecular formula is C32H42ClFN5O5P. The summed E-state index contributed by atoms with van der Waals surface area (Å²) in [5, 5.41) is 6.42. The average Bonchev–Trinajstić information content (AvgIpc) is 3.95. The van der Waals surface area contributed by atoms with Gasteiger partial charge in [-0.3, -0.25) is 14.6 Å². The number of hydrogen-bond acceptors (Lipinski definition) is 8. The van der Waals surface area contributed by atoms with Gasteiger partial charge in [0.05, 0.1) is 25.4 Å². The number of rotatable bonds is 8. The van der Waals surface area contributed by atoms with E-state index in [0.29, 0.717) is 48.7 Å². The van der Waals surface area contributed by atoms with E-state index in [1.807, 2.05) is 25.3 Å². The van der Waals surface area contributed by atoms with Crippen LogP contribution in [-0.2, 0) is 14.3 Å². The van der Waals surface area contributed by atoms with Crippen molar-refractivity contribution in [3.63, 3.8) is 0 Å². The van der Waals surface area contributed by atoms with Crippen LogP contribution >= 0.6 is 19.7 Å². The van der Waals surface area contributed by atoms with Gasteiger partial charge < -0.3 is 36.5 Å². The van der Waals surface area contributed by atoms with Crippen molar-refractivity contribution in [3.8, 4) is 5.75 Å². The molecule has 3 aliphatic heterocycles. The maximum absolute atomic E-state index is 13.3. The number of nitrogen functional groups attached to an aromatic ring is 1. The summed E-state index contributed by atoms with van der Waals surface area (Å²) in [4.78, 5) is 31.6. The summed E-state index contributed by atoms with van der Waals surface area (Å²) in [7, 11) is 1.26. The molecule has 2 amide bonds. The van der Waals surface area contributed by atoms with Crippen LogP contribution in [0, 0.1) is 18.7 Å². The van der Waals surface area contributed by atoms with Gasteiger partial charge in [-0.15, -0.1) is 0 Å². The van der Waals surface area contributed by atoms with Gasteiger partial charge >= 0.3 is 0 Å². The van der Waals surface area contributed by atoms with Crippen LogP contribution in [0.1, 0.15) is 48.9 Å². The van der Waals surface area contributed by atoms with E-state index in [1.165, 1.54) is 25.0 Å². The fourth-order valence-corrected chi connectivity index (χ4v) is 5.09. The van der Waals surface area contributed by atoms with Gasteiger partial charge in [0.2, 0.25) is 12.8 Å². The second kappa shape index (κ2) is 17.7. The molecule has 2 fully saturated rings. The first kappa shape index (κ1) is 35.8. The number of primary amides is 1. The lowest BCUT2D eigenvalue weighted by Gasteiger charge is -2.28. The van der Waals surface area contributed by atoms with Gasteiger partial charge in [-0.2, -0.15) is 0 Å². The van der Waals surface area contributed by atoms with E-state index in [4.69, 9.17) is 36.5 Å². The van der Waals surface area contributed by atoms with Gasteiger partial charge in [-0.05, 0) is 68.0 Å². The van der Waals surface area contributed by atoms with Crippen LogP contribution in [0.5, 0.6) is 5.75 Å². The topological polar surface area (TPSA) is 161 Å². The molecule has 2 aromatic carbocycles. The maximum Gasteiger partial charge on any atom is 0.207 e. The van der Waals surface area contributed by atoms with E-state index in [2.05, 4.69) is 34.4 Å². The van der Waals surface area contributed by atoms with Crippen molar-refractivity contribution in [2.75, 3.05) is 38.3 Å². The molecule has 0 bridgehead atoms. The Morgan fingerprint density at radius 1 is 1.27 bits per heavy atom. The number of amides is 2. The Morgan fingerprint density at radius 2 is 1.96 bits per heavy atom. The summed E-state index contributed by atoms with van der Waals surface area (Å²) in [6, 6.07) is 8.64. The Hall–Kier alpha value is -3.66. The predicted octanol–water partition coefficient (Wildman–Crippen LogP) is 4.72. The number of hydrogen-bond donors (Lipinski definition) is 5. The van der Waals surface area contributed by atoms with Crippen molar-refractivity contribution in [2.24, 2.45) is 16.6 Å². The van der Waals surface area contributed by atoms with E-state index in [-0.39, 0.29) is 26.4 Å². The fourth-order valence-electron chi connectivity index (χ4n) is 4.46. The predicted molar refractivity (Wildman–Crippen MR) is 178 cm³/mol. The number of anilines is 1. The molecule has 1 saturated carbocycles. The number of nitrogens with one attached hydrogen (secondary N) is 2. The van der Waals surface area contributed by atoms with Crippen LogP contribution in [0.4, 0.5) is 10.1 Å². The number of benzene rings is 2. The molecule has 7 N–H and O–H groups in total. The second-order valence-corrected chi connectivity index (χ2v) is 13.2. The number of ether oxygens (including phenoxy) is 2. The number of methoxy groups -OCH3 is 1. The highest BCUT2D eigenvalue weighted by molar-refractivity contribution is 7.59. The van der Waals surface area contributed by atoms with Crippen LogP contribution in [0.15, 0.2) is 58.4 Å². The molecule has 0 radical (unpaired) electrons. The van der Waals surface area contributed by atoms with Crippen molar-refractivity contribution < 1.29 is 28.3 Å². The number of aryl methyl sites for hydroxylation is 1. The van der Waals surface area contributed by atoms with Crippen molar-refractivity contribution in [2.45, 2.75) is 45.2 Å². The van der Waals surface area contributed by atoms with E-state index in [1.54, 1.807) is 13.2 Å². The van der Waals surface area contributed by atoms with Crippen molar-refractivity contribution >= 4 is 44.5 Å². The Bertz CT molecular complexity index is 1410. The number of halogens is 2. The SMILES string of the molecule is CC1COC2=C1C=C(CCNC=O)NC2c1ccc(F)cc1Cl.COc1cc(C)cc(C=NC2CC2)c1N.NC=O.OP1CC1. The normalized spacial score (nSPS) is 19.6. The van der Waals surface area contributed by atoms with Crippen molar-refractivity contribution in [1.29, 1.82) is 0 Å². The highest BCUT2D eigenvalue weighted by atomic mass is 35.5. The Labute approximate surface area is 269 Å². The summed E-state index contributed by atoms with van der Waals surface area (Å²) in [6.07, 6.45) is 10.2. The minimum Gasteiger partial charge on any atom is -0.495 e. The first-order chi connectivity index (χ1) is 21.6. The number of carbonyl (C=O) groups excluding carboxylic acids is 2. The van der Waals surface area contributed by atoms with E-state index in [9.17, 15) is 9.18 Å². The minimum atomic E-state index is -0.370. The van der Waals surface area contributed by atoms with Gasteiger partial charge in [-0.1, -0.05) is 24.6 Å². The lowest BCUT2D eigenvalue weighted by molar-refractivity contribution is -0.109. The molecular weight excluding hydrogens is 620 g/mol. The summed E-state index contributed by atoms with van der Waals surface area (Å²) < 4.78 is 24.4. The van der Waals surface area contributed by atoms with E-state index >= 15 is 0 Å². The van der Waals surface area contributed by atoms with Crippen molar-refractivity contribution in [3.05, 3.63) is 81.0 Å². The molecule has 2 unspecified atom stereocenters. The highest BCUT2D eigenvalue weighted by Gasteiger charge is 2.34. The van der Waals surface area contributed by atoms with Crippen LogP contribution in [0.2, 0.25) is 5.02 Å². The van der Waals surface area contributed by atoms with Gasteiger partial charge in [0.15, 0.2) is 0 Å². The molecule has 6 rings (SSSR count). The summed E-state index contributed by atoms with van der Waals surface area (Å²) >= 11 is 6.23. The smallest absolute Gasteiger partial charge is 0.207 e. The maximum atomic E-state index is 13.3. The first-order valence-electron chi connectivity index (χ1n) is 14.6. The highest BCUT2D eigenvalue weighted by Crippen LogP contribution is 2.44. The molecule has 10 nitrogen and oxygen atoms in total. The number of dihydropyridines is 1. The lowest BCUT2D eigenvalue weighted by Crippen LogP contribution is -2.28. The van der Waals surface area contributed by atoms with Gasteiger partial charge in [0.1, 0.15) is 23.4 Å². The van der Waals surface area contributed by atoms with Crippen LogP contribution in [0.3, 0.4) is 0 Å². The van der Waals surface area contributed by atoms with Crippen LogP contribution < -0.4 is 26.8 Å². The van der Waals surface area contributed by atoms with Gasteiger partial charge in [0, 0.05) is 60.7 Å². The van der Waals surface area contributed by atoms with Gasteiger partial charge in [0.25, 0.3) is 0 Å². The standard InChI is InChI=1S/C17H18ClFN2O2.C12H16N2O.C2H5OP.CH3NO/c1-10-8-23-17-14(10)7-12(4-5-20-9-22)21-16(17)13-3-2-11(19)6-15(13)18;1-8-5-9(7-14-10-3-4-10)12(13)11(6-8)15-2;3-4-1-2-4;2-1-3/h2-3,6-7,9-10,16,21H,4-5,8H2,1H3,(H,20,22);5-7,10H,3-4,13H2,1-2H3;3H,1-2H2;1H,(H2,2,3). The van der Waals surface area contributed by atoms with E-state index < -0.39 is 0 Å². The molecule has 1 saturated heterocycles. The molecule has 4 aliphatic rings. The zero-order chi connectivity index (χ0) is 32.9. The number of allylic oxidation sites excluding steroid dienone is 1. The number of nitrogens with zero attached hydrogens (tertiary/aromatic N) is 1. The molecule has 1 aliphatic carbocycles. The van der Waals surface area contributed by atoms with Crippen LogP contribution in [0.25, 0.3) is 0 Å². The van der Waals surface area contributed by atoms with E-state index in [0.717, 1.165) is 51.8 Å². The summed E-state index contributed by atoms with van der Waals surface area (Å²) in [5.41, 5.74) is 15.8. The molecule has 2 aromatic rings. The Kier molecular flexibility index (Phi) is 14.1. The Balaban J connectivity index is 0.000000213. The Morgan fingerprint density at radius 3 is 2.53 bits per heavy atom. The molecule has 0 aromatic heterocycles. The summed E-state index contributed by atoms with van der Waals surface area (Å²) in [5.74, 6) is 1.50. The molecule has 3 heterocycles. The second-order valence-electron chi connectivity index (χ2n) is 10.8. The number of carbonyl (C=O) groups is 2. The molecule has 13 heteroatoms. The monoisotopic (exact) mass is 661 g/mol. The third kappa shape index (κ3) is 11.3. The van der Waals surface area contributed by atoms with Gasteiger partial charge in [-0.25, -0.2) is 4.39 Å². The quantitative estimate of drug-likeness (QED) is 0.0899. The lowest BCUT2D eigenvalue weighted by atomic mass is 9.92. The fraction of sp³-hybridized carbons (Fsp3) is 0.406. The third-order valence-electron chi connectivity index (χ3n) is 7.05. The zero-order valence-corrected chi connectivity index (χ0v) is 27.4. The van der Waals surface area contributed by atoms with Crippen molar-refractivity contribution in [1.82, 2.24) is 10.6 Å². The number of nitrogens with two attached hydrogens (primary N) is 2. The zero-order valence-electron chi connectivity index (χ0n) is 25.8. The molecule has 2 atom stereocenters. The first-order valence-corrected chi connectivity index (χ1v) is 16.7. The molecule has 0 spiro atoms. The number of aliphatic imine (C=N–C) groups is 1. The third-order valence-corrected chi connectivity index (χ3v) is 8.23. The molecule has 244 valence electrons. The minimum absolute atomic E-state index is 0.237.